The molecule has 4 rings (SSSR count). The molecular weight excluding hydrogens is 460 g/mol. The van der Waals surface area contributed by atoms with Crippen LogP contribution in [-0.2, 0) is 10.2 Å². The van der Waals surface area contributed by atoms with E-state index in [-0.39, 0.29) is 16.8 Å². The summed E-state index contributed by atoms with van der Waals surface area (Å²) in [6, 6.07) is 14.2. The number of ether oxygens (including phenoxy) is 1. The molecule has 6 nitrogen and oxygen atoms in total. The Labute approximate surface area is 209 Å². The first-order valence-electron chi connectivity index (χ1n) is 11.6. The van der Waals surface area contributed by atoms with Crippen molar-refractivity contribution in [2.24, 2.45) is 0 Å². The molecule has 35 heavy (non-hydrogen) atoms. The minimum atomic E-state index is -0.789. The summed E-state index contributed by atoms with van der Waals surface area (Å²) in [5, 5.41) is 11.8. The number of benzene rings is 2. The van der Waals surface area contributed by atoms with Crippen LogP contribution in [-0.4, -0.2) is 28.4 Å². The smallest absolute Gasteiger partial charge is 0.294 e. The van der Waals surface area contributed by atoms with E-state index in [0.29, 0.717) is 28.6 Å². The molecule has 2 aromatic carbocycles. The molecule has 0 saturated carbocycles. The highest BCUT2D eigenvalue weighted by atomic mass is 32.1. The van der Waals surface area contributed by atoms with Gasteiger partial charge in [0.15, 0.2) is 5.76 Å². The lowest BCUT2D eigenvalue weighted by atomic mass is 9.85. The fourth-order valence-electron chi connectivity index (χ4n) is 4.34. The third-order valence-corrected chi connectivity index (χ3v) is 7.13. The Bertz CT molecular complexity index is 1320. The van der Waals surface area contributed by atoms with Crippen molar-refractivity contribution in [2.45, 2.75) is 53.0 Å². The average molecular weight is 491 g/mol. The van der Waals surface area contributed by atoms with Gasteiger partial charge >= 0.3 is 0 Å². The third-order valence-electron chi connectivity index (χ3n) is 6.06. The van der Waals surface area contributed by atoms with E-state index >= 15 is 0 Å². The molecule has 0 saturated heterocycles. The molecule has 1 unspecified atom stereocenters. The van der Waals surface area contributed by atoms with Crippen LogP contribution in [0.1, 0.15) is 65.2 Å². The number of thiazole rings is 1. The van der Waals surface area contributed by atoms with Crippen molar-refractivity contribution >= 4 is 28.7 Å². The number of Topliss-reactive ketones (excluding diaryl/α,β-unsaturated/α-hetero) is 1. The fourth-order valence-corrected chi connectivity index (χ4v) is 5.21. The lowest BCUT2D eigenvalue weighted by molar-refractivity contribution is -0.117. The van der Waals surface area contributed by atoms with E-state index in [1.165, 1.54) is 16.2 Å². The zero-order valence-electron chi connectivity index (χ0n) is 20.9. The van der Waals surface area contributed by atoms with Gasteiger partial charge in [-0.2, -0.15) is 0 Å². The molecule has 2 heterocycles. The van der Waals surface area contributed by atoms with E-state index in [9.17, 15) is 14.7 Å². The molecule has 0 radical (unpaired) electrons. The standard InChI is InChI=1S/C28H30N2O4S/c1-7-34-21-10-8-9-20(15-21)30-23(18-11-13-19(14-12-18)28(4,5)6)22(25(32)27(30)33)24(31)26-16(2)29-17(3)35-26/h8-15,23,32H,7H2,1-6H3. The number of carbonyl (C=O) groups is 2. The van der Waals surface area contributed by atoms with Crippen LogP contribution in [0.25, 0.3) is 0 Å². The summed E-state index contributed by atoms with van der Waals surface area (Å²) >= 11 is 1.27. The van der Waals surface area contributed by atoms with Gasteiger partial charge in [-0.15, -0.1) is 11.3 Å². The zero-order valence-corrected chi connectivity index (χ0v) is 21.7. The van der Waals surface area contributed by atoms with Crippen molar-refractivity contribution in [3.05, 3.63) is 86.6 Å². The van der Waals surface area contributed by atoms with E-state index in [2.05, 4.69) is 25.8 Å². The Kier molecular flexibility index (Phi) is 6.56. The summed E-state index contributed by atoms with van der Waals surface area (Å²) in [5.41, 5.74) is 3.00. The number of hydrogen-bond acceptors (Lipinski definition) is 6. The van der Waals surface area contributed by atoms with Crippen molar-refractivity contribution in [3.8, 4) is 5.75 Å². The van der Waals surface area contributed by atoms with Crippen LogP contribution in [0.2, 0.25) is 0 Å². The number of hydrogen-bond donors (Lipinski definition) is 1. The van der Waals surface area contributed by atoms with Crippen molar-refractivity contribution in [1.82, 2.24) is 4.98 Å². The van der Waals surface area contributed by atoms with Crippen LogP contribution in [0.4, 0.5) is 5.69 Å². The normalized spacial score (nSPS) is 16.2. The van der Waals surface area contributed by atoms with Gasteiger partial charge in [0, 0.05) is 11.8 Å². The molecule has 1 aliphatic heterocycles. The predicted molar refractivity (Wildman–Crippen MR) is 139 cm³/mol. The van der Waals surface area contributed by atoms with Gasteiger partial charge in [-0.1, -0.05) is 51.1 Å². The SMILES string of the molecule is CCOc1cccc(N2C(=O)C(O)=C(C(=O)c3sc(C)nc3C)C2c2ccc(C(C)(C)C)cc2)c1. The molecule has 0 fully saturated rings. The first-order valence-corrected chi connectivity index (χ1v) is 12.4. The molecule has 0 spiro atoms. The second-order valence-electron chi connectivity index (χ2n) is 9.62. The Morgan fingerprint density at radius 3 is 2.40 bits per heavy atom. The number of aliphatic hydroxyl groups is 1. The molecule has 7 heteroatoms. The van der Waals surface area contributed by atoms with Crippen LogP contribution < -0.4 is 9.64 Å². The monoisotopic (exact) mass is 490 g/mol. The first kappa shape index (κ1) is 24.7. The number of aromatic nitrogens is 1. The zero-order chi connectivity index (χ0) is 25.5. The maximum atomic E-state index is 13.7. The number of aryl methyl sites for hydroxylation is 2. The molecule has 182 valence electrons. The second kappa shape index (κ2) is 9.30. The molecule has 1 aromatic heterocycles. The average Bonchev–Trinajstić information content (AvgIpc) is 3.28. The maximum absolute atomic E-state index is 13.7. The van der Waals surface area contributed by atoms with Gasteiger partial charge in [0.05, 0.1) is 33.8 Å². The molecule has 1 atom stereocenters. The number of carbonyl (C=O) groups excluding carboxylic acids is 2. The third kappa shape index (κ3) is 4.60. The summed E-state index contributed by atoms with van der Waals surface area (Å²) in [4.78, 5) is 33.4. The van der Waals surface area contributed by atoms with Gasteiger partial charge in [-0.05, 0) is 49.4 Å². The number of ketones is 1. The maximum Gasteiger partial charge on any atom is 0.294 e. The Morgan fingerprint density at radius 1 is 1.14 bits per heavy atom. The largest absolute Gasteiger partial charge is 0.503 e. The lowest BCUT2D eigenvalue weighted by Crippen LogP contribution is -2.31. The Morgan fingerprint density at radius 2 is 1.83 bits per heavy atom. The van der Waals surface area contributed by atoms with Crippen LogP contribution in [0.15, 0.2) is 59.9 Å². The summed E-state index contributed by atoms with van der Waals surface area (Å²) in [5.74, 6) is -0.932. The number of anilines is 1. The number of aliphatic hydroxyl groups excluding tert-OH is 1. The molecular formula is C28H30N2O4S. The van der Waals surface area contributed by atoms with E-state index in [1.807, 2.05) is 44.2 Å². The van der Waals surface area contributed by atoms with Gasteiger partial charge in [0.25, 0.3) is 5.91 Å². The van der Waals surface area contributed by atoms with Crippen LogP contribution in [0.5, 0.6) is 5.75 Å². The highest BCUT2D eigenvalue weighted by molar-refractivity contribution is 7.14. The Balaban J connectivity index is 1.87. The summed E-state index contributed by atoms with van der Waals surface area (Å²) in [7, 11) is 0. The van der Waals surface area contributed by atoms with Gasteiger partial charge in [-0.3, -0.25) is 14.5 Å². The molecule has 0 bridgehead atoms. The lowest BCUT2D eigenvalue weighted by Gasteiger charge is -2.28. The molecule has 3 aromatic rings. The Hall–Kier alpha value is -3.45. The van der Waals surface area contributed by atoms with Gasteiger partial charge in [-0.25, -0.2) is 4.98 Å². The highest BCUT2D eigenvalue weighted by Gasteiger charge is 2.45. The van der Waals surface area contributed by atoms with Crippen LogP contribution in [0.3, 0.4) is 0 Å². The summed E-state index contributed by atoms with van der Waals surface area (Å²) < 4.78 is 5.64. The summed E-state index contributed by atoms with van der Waals surface area (Å²) in [6.07, 6.45) is 0. The van der Waals surface area contributed by atoms with E-state index < -0.39 is 17.7 Å². The fraction of sp³-hybridized carbons (Fsp3) is 0.321. The van der Waals surface area contributed by atoms with E-state index in [4.69, 9.17) is 4.74 Å². The van der Waals surface area contributed by atoms with Crippen molar-refractivity contribution in [1.29, 1.82) is 0 Å². The topological polar surface area (TPSA) is 79.7 Å². The van der Waals surface area contributed by atoms with Crippen molar-refractivity contribution in [2.75, 3.05) is 11.5 Å². The molecule has 1 aliphatic rings. The van der Waals surface area contributed by atoms with Gasteiger partial charge in [0.1, 0.15) is 5.75 Å². The highest BCUT2D eigenvalue weighted by Crippen LogP contribution is 2.43. The van der Waals surface area contributed by atoms with Crippen LogP contribution in [0, 0.1) is 13.8 Å². The van der Waals surface area contributed by atoms with E-state index in [1.54, 1.807) is 25.1 Å². The first-order chi connectivity index (χ1) is 16.5. The summed E-state index contributed by atoms with van der Waals surface area (Å²) in [6.45, 7) is 12.3. The quantitative estimate of drug-likeness (QED) is 0.414. The second-order valence-corrected chi connectivity index (χ2v) is 10.8. The van der Waals surface area contributed by atoms with Crippen molar-refractivity contribution < 1.29 is 19.4 Å². The number of rotatable bonds is 6. The van der Waals surface area contributed by atoms with Gasteiger partial charge < -0.3 is 9.84 Å². The van der Waals surface area contributed by atoms with E-state index in [0.717, 1.165) is 16.1 Å². The minimum Gasteiger partial charge on any atom is -0.503 e. The minimum absolute atomic E-state index is 0.0521. The number of nitrogens with zero attached hydrogens (tertiary/aromatic N) is 2. The predicted octanol–water partition coefficient (Wildman–Crippen LogP) is 6.24. The molecule has 0 aliphatic carbocycles. The molecule has 1 N–H and O–H groups in total. The molecule has 1 amide bonds. The van der Waals surface area contributed by atoms with Gasteiger partial charge in [0.2, 0.25) is 5.78 Å². The van der Waals surface area contributed by atoms with Crippen LogP contribution >= 0.6 is 11.3 Å². The van der Waals surface area contributed by atoms with Crippen molar-refractivity contribution in [3.63, 3.8) is 0 Å². The number of amides is 1.